The van der Waals surface area contributed by atoms with E-state index in [4.69, 9.17) is 0 Å². The Bertz CT molecular complexity index is 1100. The lowest BCUT2D eigenvalue weighted by atomic mass is 10.1. The Morgan fingerprint density at radius 2 is 1.83 bits per heavy atom. The second kappa shape index (κ2) is 5.44. The molecule has 1 aromatic carbocycles. The van der Waals surface area contributed by atoms with Crippen molar-refractivity contribution in [3.8, 4) is 0 Å². The molecular formula is C19H21N3O2. The van der Waals surface area contributed by atoms with Crippen molar-refractivity contribution >= 4 is 34.2 Å². The first-order valence-corrected chi connectivity index (χ1v) is 7.93. The van der Waals surface area contributed by atoms with Gasteiger partial charge < -0.3 is 4.98 Å². The molecule has 0 radical (unpaired) electrons. The van der Waals surface area contributed by atoms with Gasteiger partial charge in [-0.3, -0.25) is 14.0 Å². The molecule has 5 heteroatoms. The average molecular weight is 323 g/mol. The normalized spacial score (nSPS) is 12.3. The fourth-order valence-electron chi connectivity index (χ4n) is 3.36. The molecule has 0 saturated carbocycles. The molecule has 0 saturated heterocycles. The van der Waals surface area contributed by atoms with E-state index in [1.54, 1.807) is 0 Å². The number of aromatic amines is 1. The minimum atomic E-state index is -0.106. The van der Waals surface area contributed by atoms with Crippen molar-refractivity contribution in [2.75, 3.05) is 0 Å². The fourth-order valence-corrected chi connectivity index (χ4v) is 3.36. The average Bonchev–Trinajstić information content (AvgIpc) is 2.70. The molecular weight excluding hydrogens is 302 g/mol. The third-order valence-electron chi connectivity index (χ3n) is 4.51. The summed E-state index contributed by atoms with van der Waals surface area (Å²) in [6.45, 7) is 10.9. The topological polar surface area (TPSA) is 67.2 Å². The van der Waals surface area contributed by atoms with E-state index in [-0.39, 0.29) is 11.6 Å². The molecule has 0 unspecified atom stereocenters. The quantitative estimate of drug-likeness (QED) is 0.737. The molecule has 2 aromatic heterocycles. The lowest BCUT2D eigenvalue weighted by molar-refractivity contribution is -0.111. The number of carbonyl (C=O) groups excluding carboxylic acids is 2. The number of Topliss-reactive ketones (excluding diaryl/α,β-unsaturated/α-hetero) is 2. The number of benzene rings is 1. The Hall–Kier alpha value is -2.69. The molecule has 3 aromatic rings. The molecule has 3 rings (SSSR count). The standard InChI is InChI=1S/C19H21N3O2/c1-9-7-15-19-18(11(9)3)20-12(4)17(13(5)24)16(8-10(2)23)22(19)14(6)21-15/h7-8,20H,1-6H3/b16-8+. The number of ketones is 2. The number of imidazole rings is 1. The summed E-state index contributed by atoms with van der Waals surface area (Å²) in [6, 6.07) is 2.04. The lowest BCUT2D eigenvalue weighted by Gasteiger charge is -2.04. The summed E-state index contributed by atoms with van der Waals surface area (Å²) in [5.41, 5.74) is 6.19. The Balaban J connectivity index is 2.82. The van der Waals surface area contributed by atoms with E-state index >= 15 is 0 Å². The number of H-pyrrole nitrogens is 1. The Morgan fingerprint density at radius 3 is 2.42 bits per heavy atom. The summed E-state index contributed by atoms with van der Waals surface area (Å²) in [6.07, 6.45) is 1.51. The number of nitrogens with zero attached hydrogens (tertiary/aromatic N) is 2. The van der Waals surface area contributed by atoms with Gasteiger partial charge in [0.25, 0.3) is 0 Å². The van der Waals surface area contributed by atoms with Gasteiger partial charge in [-0.2, -0.15) is 0 Å². The van der Waals surface area contributed by atoms with Gasteiger partial charge in [-0.1, -0.05) is 0 Å². The maximum Gasteiger partial charge on any atom is 0.163 e. The van der Waals surface area contributed by atoms with Crippen LogP contribution >= 0.6 is 0 Å². The minimum Gasteiger partial charge on any atom is -0.356 e. The second-order valence-corrected chi connectivity index (χ2v) is 6.38. The number of rotatable bonds is 2. The van der Waals surface area contributed by atoms with Gasteiger partial charge in [0.1, 0.15) is 5.82 Å². The third-order valence-corrected chi connectivity index (χ3v) is 4.51. The molecule has 0 fully saturated rings. The zero-order valence-electron chi connectivity index (χ0n) is 14.9. The smallest absolute Gasteiger partial charge is 0.163 e. The van der Waals surface area contributed by atoms with Gasteiger partial charge >= 0.3 is 0 Å². The molecule has 0 bridgehead atoms. The molecule has 0 spiro atoms. The van der Waals surface area contributed by atoms with Gasteiger partial charge in [-0.25, -0.2) is 4.98 Å². The van der Waals surface area contributed by atoms with E-state index in [0.717, 1.165) is 39.2 Å². The van der Waals surface area contributed by atoms with E-state index in [2.05, 4.69) is 9.97 Å². The molecule has 124 valence electrons. The van der Waals surface area contributed by atoms with E-state index in [1.807, 2.05) is 38.2 Å². The third kappa shape index (κ3) is 2.28. The van der Waals surface area contributed by atoms with Crippen LogP contribution in [0.15, 0.2) is 6.07 Å². The van der Waals surface area contributed by atoms with Crippen LogP contribution in [0.25, 0.3) is 22.6 Å². The van der Waals surface area contributed by atoms with Crippen LogP contribution in [0.4, 0.5) is 0 Å². The first kappa shape index (κ1) is 16.2. The maximum atomic E-state index is 12.3. The van der Waals surface area contributed by atoms with Gasteiger partial charge in [0.15, 0.2) is 11.6 Å². The molecule has 0 atom stereocenters. The van der Waals surface area contributed by atoms with Crippen molar-refractivity contribution in [3.05, 3.63) is 39.6 Å². The SMILES string of the molecule is CC(=O)/C=c1\c(C(C)=O)c(C)[nH]c2c(C)c(C)cc3nc(C)n1c32. The first-order chi connectivity index (χ1) is 11.2. The van der Waals surface area contributed by atoms with Crippen molar-refractivity contribution in [1.82, 2.24) is 14.4 Å². The summed E-state index contributed by atoms with van der Waals surface area (Å²) in [7, 11) is 0. The van der Waals surface area contributed by atoms with Crippen molar-refractivity contribution in [3.63, 3.8) is 0 Å². The van der Waals surface area contributed by atoms with Gasteiger partial charge in [0.2, 0.25) is 0 Å². The Labute approximate surface area is 140 Å². The van der Waals surface area contributed by atoms with Crippen LogP contribution in [0.2, 0.25) is 0 Å². The van der Waals surface area contributed by atoms with Crippen LogP contribution in [0.1, 0.15) is 46.9 Å². The highest BCUT2D eigenvalue weighted by Crippen LogP contribution is 2.25. The zero-order chi connectivity index (χ0) is 17.8. The second-order valence-electron chi connectivity index (χ2n) is 6.38. The minimum absolute atomic E-state index is 0.0871. The van der Waals surface area contributed by atoms with Crippen LogP contribution in [0.5, 0.6) is 0 Å². The van der Waals surface area contributed by atoms with Crippen LogP contribution in [0.3, 0.4) is 0 Å². The number of aryl methyl sites for hydroxylation is 4. The number of carbonyl (C=O) groups is 2. The van der Waals surface area contributed by atoms with Crippen molar-refractivity contribution in [2.45, 2.75) is 41.5 Å². The predicted octanol–water partition coefficient (Wildman–Crippen LogP) is 2.90. The molecule has 0 aliphatic heterocycles. The van der Waals surface area contributed by atoms with Crippen LogP contribution in [-0.2, 0) is 4.79 Å². The fraction of sp³-hybridized carbons (Fsp3) is 0.316. The zero-order valence-corrected chi connectivity index (χ0v) is 14.9. The summed E-state index contributed by atoms with van der Waals surface area (Å²) in [5.74, 6) is 0.556. The molecule has 1 N–H and O–H groups in total. The van der Waals surface area contributed by atoms with E-state index < -0.39 is 0 Å². The summed E-state index contributed by atoms with van der Waals surface area (Å²) < 4.78 is 1.92. The number of nitrogens with one attached hydrogen (secondary N) is 1. The van der Waals surface area contributed by atoms with Crippen molar-refractivity contribution in [2.24, 2.45) is 0 Å². The Morgan fingerprint density at radius 1 is 1.17 bits per heavy atom. The Kier molecular flexibility index (Phi) is 3.67. The van der Waals surface area contributed by atoms with Gasteiger partial charge in [0, 0.05) is 11.8 Å². The monoisotopic (exact) mass is 323 g/mol. The molecule has 2 heterocycles. The van der Waals surface area contributed by atoms with E-state index in [9.17, 15) is 9.59 Å². The number of hydrogen-bond acceptors (Lipinski definition) is 3. The summed E-state index contributed by atoms with van der Waals surface area (Å²) >= 11 is 0. The highest BCUT2D eigenvalue weighted by molar-refractivity contribution is 6.07. The van der Waals surface area contributed by atoms with Crippen LogP contribution < -0.4 is 5.35 Å². The van der Waals surface area contributed by atoms with Gasteiger partial charge in [0.05, 0.1) is 27.5 Å². The van der Waals surface area contributed by atoms with Gasteiger partial charge in [-0.05, 0) is 58.7 Å². The van der Waals surface area contributed by atoms with Gasteiger partial charge in [-0.15, -0.1) is 0 Å². The first-order valence-electron chi connectivity index (χ1n) is 7.93. The summed E-state index contributed by atoms with van der Waals surface area (Å²) in [4.78, 5) is 32.2. The molecule has 0 amide bonds. The lowest BCUT2D eigenvalue weighted by Crippen LogP contribution is -2.23. The molecule has 5 nitrogen and oxygen atoms in total. The highest BCUT2D eigenvalue weighted by Gasteiger charge is 2.17. The van der Waals surface area contributed by atoms with Crippen LogP contribution in [0, 0.1) is 27.7 Å². The predicted molar refractivity (Wildman–Crippen MR) is 95.2 cm³/mol. The molecule has 24 heavy (non-hydrogen) atoms. The van der Waals surface area contributed by atoms with E-state index in [1.165, 1.54) is 19.9 Å². The summed E-state index contributed by atoms with van der Waals surface area (Å²) in [5, 5.41) is 0.585. The molecule has 0 aliphatic rings. The van der Waals surface area contributed by atoms with E-state index in [0.29, 0.717) is 10.9 Å². The highest BCUT2D eigenvalue weighted by atomic mass is 16.1. The largest absolute Gasteiger partial charge is 0.356 e. The maximum absolute atomic E-state index is 12.3. The van der Waals surface area contributed by atoms with Crippen molar-refractivity contribution < 1.29 is 9.59 Å². The van der Waals surface area contributed by atoms with Crippen LogP contribution in [-0.4, -0.2) is 25.9 Å². The van der Waals surface area contributed by atoms with Crippen molar-refractivity contribution in [1.29, 1.82) is 0 Å². The number of hydrogen-bond donors (Lipinski definition) is 1. The number of aromatic nitrogens is 3. The molecule has 0 aliphatic carbocycles.